The highest BCUT2D eigenvalue weighted by atomic mass is 16.6. The van der Waals surface area contributed by atoms with E-state index in [4.69, 9.17) is 9.47 Å². The van der Waals surface area contributed by atoms with Crippen molar-refractivity contribution in [3.63, 3.8) is 0 Å². The number of piperidine rings is 1. The summed E-state index contributed by atoms with van der Waals surface area (Å²) in [6.07, 6.45) is 3.99. The zero-order valence-electron chi connectivity index (χ0n) is 23.8. The molecule has 1 atom stereocenters. The quantitative estimate of drug-likeness (QED) is 0.441. The van der Waals surface area contributed by atoms with Crippen LogP contribution in [0.25, 0.3) is 10.9 Å². The highest BCUT2D eigenvalue weighted by Gasteiger charge is 2.33. The molecule has 2 aromatic rings. The monoisotopic (exact) mass is 528 g/mol. The van der Waals surface area contributed by atoms with Crippen LogP contribution in [0.5, 0.6) is 5.75 Å². The summed E-state index contributed by atoms with van der Waals surface area (Å²) in [4.78, 5) is 35.1. The van der Waals surface area contributed by atoms with E-state index in [-0.39, 0.29) is 24.5 Å². The van der Waals surface area contributed by atoms with Crippen molar-refractivity contribution in [2.45, 2.75) is 65.0 Å². The van der Waals surface area contributed by atoms with Crippen LogP contribution < -0.4 is 9.64 Å². The van der Waals surface area contributed by atoms with E-state index < -0.39 is 11.6 Å². The number of hydrogen-bond donors (Lipinski definition) is 1. The molecule has 9 heteroatoms. The first-order valence-electron chi connectivity index (χ1n) is 13.6. The van der Waals surface area contributed by atoms with E-state index in [2.05, 4.69) is 27.8 Å². The summed E-state index contributed by atoms with van der Waals surface area (Å²) in [6.45, 7) is 11.2. The summed E-state index contributed by atoms with van der Waals surface area (Å²) < 4.78 is 11.2. The standard InChI is InChI=1S/C29H44N4O5/c1-7-32(27-24(37-6)12-11-22-10-8-15-30-26(22)27)17-9-16-31(5)23(20-25(34)35)21-13-18-33(19-14-21)28(36)38-29(2,3)4/h8,10-12,15,21,23H,7,9,13-14,16-20H2,1-6H3,(H,34,35). The molecule has 1 saturated heterocycles. The Morgan fingerprint density at radius 3 is 2.50 bits per heavy atom. The number of anilines is 1. The summed E-state index contributed by atoms with van der Waals surface area (Å²) in [5.74, 6) is 0.213. The first-order chi connectivity index (χ1) is 18.0. The number of aromatic nitrogens is 1. The molecule has 1 fully saturated rings. The van der Waals surface area contributed by atoms with Gasteiger partial charge in [-0.2, -0.15) is 0 Å². The number of amides is 1. The molecule has 1 aliphatic rings. The van der Waals surface area contributed by atoms with E-state index >= 15 is 0 Å². The maximum Gasteiger partial charge on any atom is 0.410 e. The summed E-state index contributed by atoms with van der Waals surface area (Å²) in [7, 11) is 3.70. The van der Waals surface area contributed by atoms with E-state index in [9.17, 15) is 14.7 Å². The van der Waals surface area contributed by atoms with Crippen molar-refractivity contribution < 1.29 is 24.2 Å². The first kappa shape index (κ1) is 29.5. The molecular weight excluding hydrogens is 484 g/mol. The van der Waals surface area contributed by atoms with Crippen molar-refractivity contribution in [1.82, 2.24) is 14.8 Å². The highest BCUT2D eigenvalue weighted by Crippen LogP contribution is 2.35. The summed E-state index contributed by atoms with van der Waals surface area (Å²) in [5, 5.41) is 10.7. The fourth-order valence-corrected chi connectivity index (χ4v) is 5.34. The molecule has 3 rings (SSSR count). The van der Waals surface area contributed by atoms with E-state index in [0.717, 1.165) is 61.2 Å². The van der Waals surface area contributed by atoms with Gasteiger partial charge in [-0.1, -0.05) is 6.07 Å². The third-order valence-electron chi connectivity index (χ3n) is 7.25. The van der Waals surface area contributed by atoms with Gasteiger partial charge in [0.1, 0.15) is 17.0 Å². The lowest BCUT2D eigenvalue weighted by Crippen LogP contribution is -2.48. The Bertz CT molecular complexity index is 1080. The number of carbonyl (C=O) groups is 2. The first-order valence-corrected chi connectivity index (χ1v) is 13.6. The molecule has 1 aliphatic heterocycles. The molecule has 1 unspecified atom stereocenters. The summed E-state index contributed by atoms with van der Waals surface area (Å²) in [5.41, 5.74) is 1.38. The van der Waals surface area contributed by atoms with Crippen molar-refractivity contribution >= 4 is 28.7 Å². The number of ether oxygens (including phenoxy) is 2. The number of carboxylic acids is 1. The summed E-state index contributed by atoms with van der Waals surface area (Å²) >= 11 is 0. The Morgan fingerprint density at radius 2 is 1.89 bits per heavy atom. The number of carbonyl (C=O) groups excluding carboxylic acids is 1. The molecule has 1 aromatic heterocycles. The SMILES string of the molecule is CCN(CCCN(C)C(CC(=O)O)C1CCN(C(=O)OC(C)(C)C)CC1)c1c(OC)ccc2cccnc12. The molecule has 0 aliphatic carbocycles. The number of aliphatic carboxylic acids is 1. The number of pyridine rings is 1. The molecule has 1 aromatic carbocycles. The fraction of sp³-hybridized carbons (Fsp3) is 0.621. The molecule has 1 amide bonds. The Labute approximate surface area is 226 Å². The minimum absolute atomic E-state index is 0.0860. The number of methoxy groups -OCH3 is 1. The van der Waals surface area contributed by atoms with Crippen LogP contribution in [0.2, 0.25) is 0 Å². The van der Waals surface area contributed by atoms with Crippen molar-refractivity contribution in [3.05, 3.63) is 30.5 Å². The van der Waals surface area contributed by atoms with Crippen LogP contribution in [0.4, 0.5) is 10.5 Å². The van der Waals surface area contributed by atoms with Gasteiger partial charge in [-0.15, -0.1) is 0 Å². The average molecular weight is 529 g/mol. The topological polar surface area (TPSA) is 95.4 Å². The Kier molecular flexibility index (Phi) is 10.2. The number of benzene rings is 1. The van der Waals surface area contributed by atoms with Gasteiger partial charge in [0.15, 0.2) is 0 Å². The van der Waals surface area contributed by atoms with Gasteiger partial charge in [0.25, 0.3) is 0 Å². The Morgan fingerprint density at radius 1 is 1.18 bits per heavy atom. The number of nitrogens with zero attached hydrogens (tertiary/aromatic N) is 4. The van der Waals surface area contributed by atoms with Gasteiger partial charge in [0.2, 0.25) is 0 Å². The van der Waals surface area contributed by atoms with Gasteiger partial charge in [-0.05, 0) is 84.7 Å². The lowest BCUT2D eigenvalue weighted by Gasteiger charge is -2.40. The second-order valence-electron chi connectivity index (χ2n) is 11.1. The maximum absolute atomic E-state index is 12.5. The van der Waals surface area contributed by atoms with Gasteiger partial charge < -0.3 is 29.3 Å². The van der Waals surface area contributed by atoms with Gasteiger partial charge >= 0.3 is 12.1 Å². The van der Waals surface area contributed by atoms with E-state index in [1.165, 1.54) is 0 Å². The van der Waals surface area contributed by atoms with E-state index in [1.807, 2.05) is 46.0 Å². The third-order valence-corrected chi connectivity index (χ3v) is 7.25. The lowest BCUT2D eigenvalue weighted by atomic mass is 9.86. The molecule has 210 valence electrons. The van der Waals surface area contributed by atoms with Crippen molar-refractivity contribution in [3.8, 4) is 5.75 Å². The molecule has 0 saturated carbocycles. The number of rotatable bonds is 11. The van der Waals surface area contributed by atoms with E-state index in [1.54, 1.807) is 18.2 Å². The van der Waals surface area contributed by atoms with Gasteiger partial charge in [-0.25, -0.2) is 4.79 Å². The fourth-order valence-electron chi connectivity index (χ4n) is 5.34. The van der Waals surface area contributed by atoms with Crippen molar-refractivity contribution in [1.29, 1.82) is 0 Å². The molecule has 0 spiro atoms. The second-order valence-corrected chi connectivity index (χ2v) is 11.1. The van der Waals surface area contributed by atoms with Gasteiger partial charge in [0, 0.05) is 43.8 Å². The lowest BCUT2D eigenvalue weighted by molar-refractivity contribution is -0.139. The normalized spacial score (nSPS) is 15.5. The molecule has 9 nitrogen and oxygen atoms in total. The van der Waals surface area contributed by atoms with Gasteiger partial charge in [-0.3, -0.25) is 9.78 Å². The van der Waals surface area contributed by atoms with E-state index in [0.29, 0.717) is 13.1 Å². The molecule has 2 heterocycles. The van der Waals surface area contributed by atoms with Crippen LogP contribution in [0, 0.1) is 5.92 Å². The predicted molar refractivity (Wildman–Crippen MR) is 150 cm³/mol. The second kappa shape index (κ2) is 13.1. The van der Waals surface area contributed by atoms with Crippen LogP contribution in [0.15, 0.2) is 30.5 Å². The zero-order chi connectivity index (χ0) is 27.9. The average Bonchev–Trinajstić information content (AvgIpc) is 2.88. The molecular formula is C29H44N4O5. The minimum atomic E-state index is -0.793. The predicted octanol–water partition coefficient (Wildman–Crippen LogP) is 4.88. The van der Waals surface area contributed by atoms with Crippen LogP contribution in [0.3, 0.4) is 0 Å². The van der Waals surface area contributed by atoms with Crippen molar-refractivity contribution in [2.24, 2.45) is 5.92 Å². The molecule has 0 bridgehead atoms. The third kappa shape index (κ3) is 7.72. The number of carboxylic acid groups (broad SMARTS) is 1. The Hall–Kier alpha value is -3.07. The van der Waals surface area contributed by atoms with Crippen LogP contribution in [0.1, 0.15) is 53.4 Å². The molecule has 38 heavy (non-hydrogen) atoms. The van der Waals surface area contributed by atoms with Gasteiger partial charge in [0.05, 0.1) is 19.0 Å². The largest absolute Gasteiger partial charge is 0.494 e. The Balaban J connectivity index is 1.63. The zero-order valence-corrected chi connectivity index (χ0v) is 23.8. The maximum atomic E-state index is 12.5. The van der Waals surface area contributed by atoms with Crippen LogP contribution >= 0.6 is 0 Å². The highest BCUT2D eigenvalue weighted by molar-refractivity contribution is 5.94. The summed E-state index contributed by atoms with van der Waals surface area (Å²) in [6, 6.07) is 7.91. The van der Waals surface area contributed by atoms with Crippen molar-refractivity contribution in [2.75, 3.05) is 51.8 Å². The minimum Gasteiger partial charge on any atom is -0.494 e. The number of fused-ring (bicyclic) bond motifs is 1. The number of hydrogen-bond acceptors (Lipinski definition) is 7. The van der Waals surface area contributed by atoms with Crippen LogP contribution in [-0.2, 0) is 9.53 Å². The molecule has 0 radical (unpaired) electrons. The molecule has 1 N–H and O–H groups in total. The smallest absolute Gasteiger partial charge is 0.410 e. The van der Waals surface area contributed by atoms with Crippen LogP contribution in [-0.4, -0.2) is 90.5 Å². The number of likely N-dealkylation sites (tertiary alicyclic amines) is 1.